The Morgan fingerprint density at radius 3 is 2.20 bits per heavy atom. The van der Waals surface area contributed by atoms with Crippen molar-refractivity contribution in [3.8, 4) is 5.75 Å². The van der Waals surface area contributed by atoms with Gasteiger partial charge in [-0.25, -0.2) is 0 Å². The van der Waals surface area contributed by atoms with Crippen LogP contribution in [-0.4, -0.2) is 21.7 Å². The third-order valence-electron chi connectivity index (χ3n) is 4.45. The van der Waals surface area contributed by atoms with Crippen molar-refractivity contribution in [2.45, 2.75) is 60.4 Å². The molecule has 1 radical (unpaired) electrons. The van der Waals surface area contributed by atoms with Gasteiger partial charge in [-0.3, -0.25) is 10.1 Å². The van der Waals surface area contributed by atoms with E-state index in [1.165, 1.54) is 0 Å². The van der Waals surface area contributed by atoms with Gasteiger partial charge in [0.15, 0.2) is 6.54 Å². The van der Waals surface area contributed by atoms with Gasteiger partial charge in [0, 0.05) is 6.04 Å². The third kappa shape index (κ3) is 4.00. The zero-order chi connectivity index (χ0) is 18.7. The van der Waals surface area contributed by atoms with E-state index in [2.05, 4.69) is 18.8 Å². The Morgan fingerprint density at radius 2 is 1.72 bits per heavy atom. The lowest BCUT2D eigenvalue weighted by Crippen LogP contribution is -2.40. The topological polar surface area (TPSA) is 68.0 Å². The summed E-state index contributed by atoms with van der Waals surface area (Å²) in [6.07, 6.45) is 1.77. The normalized spacial score (nSPS) is 14.8. The van der Waals surface area contributed by atoms with Crippen LogP contribution in [0.15, 0.2) is 28.7 Å². The van der Waals surface area contributed by atoms with Gasteiger partial charge in [0.2, 0.25) is 0 Å². The minimum Gasteiger partial charge on any atom is -0.433 e. The van der Waals surface area contributed by atoms with Gasteiger partial charge >= 0.3 is 5.70 Å². The second-order valence-electron chi connectivity index (χ2n) is 6.44. The molecule has 0 saturated carbocycles. The van der Waals surface area contributed by atoms with E-state index in [4.69, 9.17) is 4.74 Å². The number of hydrogen-bond acceptors (Lipinski definition) is 5. The molecule has 1 aliphatic heterocycles. The van der Waals surface area contributed by atoms with Crippen LogP contribution in [0.2, 0.25) is 0 Å². The molecular weight excluding hydrogens is 318 g/mol. The summed E-state index contributed by atoms with van der Waals surface area (Å²) in [5, 5.41) is 11.6. The maximum absolute atomic E-state index is 11.6. The molecule has 0 atom stereocenters. The molecule has 0 N–H and O–H groups in total. The minimum atomic E-state index is -0.431. The van der Waals surface area contributed by atoms with E-state index in [9.17, 15) is 10.1 Å². The van der Waals surface area contributed by atoms with Gasteiger partial charge in [-0.1, -0.05) is 31.5 Å². The Bertz CT molecular complexity index is 710. The number of aryl methyl sites for hydroxylation is 3. The summed E-state index contributed by atoms with van der Waals surface area (Å²) < 4.78 is 5.90. The molecule has 1 aromatic rings. The first-order chi connectivity index (χ1) is 11.8. The molecule has 6 heteroatoms. The van der Waals surface area contributed by atoms with E-state index in [0.717, 1.165) is 29.5 Å². The van der Waals surface area contributed by atoms with Gasteiger partial charge < -0.3 is 9.64 Å². The van der Waals surface area contributed by atoms with Gasteiger partial charge in [0.25, 0.3) is 5.88 Å². The summed E-state index contributed by atoms with van der Waals surface area (Å²) in [6.45, 7) is 13.4. The standard InChI is InChI=1S/C19H26N3O3/c1-7-16(8-2)21-11-17(22(23)24)19(20-15(21)6)25-18-13(4)9-12(3)10-14(18)5/h9-11,16H,7-8H2,1-6H3. The first kappa shape index (κ1) is 19.0. The zero-order valence-corrected chi connectivity index (χ0v) is 15.8. The van der Waals surface area contributed by atoms with Crippen LogP contribution in [0.3, 0.4) is 0 Å². The molecule has 135 valence electrons. The molecule has 1 aliphatic rings. The summed E-state index contributed by atoms with van der Waals surface area (Å²) in [4.78, 5) is 17.4. The van der Waals surface area contributed by atoms with Gasteiger partial charge in [0.1, 0.15) is 11.6 Å². The Morgan fingerprint density at radius 1 is 1.16 bits per heavy atom. The highest BCUT2D eigenvalue weighted by Gasteiger charge is 2.33. The average molecular weight is 344 g/mol. The summed E-state index contributed by atoms with van der Waals surface area (Å²) in [7, 11) is 0. The number of benzene rings is 1. The van der Waals surface area contributed by atoms with Gasteiger partial charge in [-0.2, -0.15) is 4.99 Å². The van der Waals surface area contributed by atoms with Gasteiger partial charge in [0.05, 0.1) is 4.92 Å². The van der Waals surface area contributed by atoms with Crippen LogP contribution in [0.4, 0.5) is 0 Å². The summed E-state index contributed by atoms with van der Waals surface area (Å²) >= 11 is 0. The number of hydrogen-bond donors (Lipinski definition) is 0. The van der Waals surface area contributed by atoms with Crippen LogP contribution in [0.5, 0.6) is 5.75 Å². The molecular formula is C19H26N3O3. The summed E-state index contributed by atoms with van der Waals surface area (Å²) in [5.41, 5.74) is 2.88. The second kappa shape index (κ2) is 7.68. The molecule has 2 rings (SSSR count). The molecule has 1 aromatic carbocycles. The highest BCUT2D eigenvalue weighted by Crippen LogP contribution is 2.31. The number of nitrogens with zero attached hydrogens (tertiary/aromatic N) is 3. The van der Waals surface area contributed by atoms with Crippen molar-refractivity contribution in [1.29, 1.82) is 0 Å². The quantitative estimate of drug-likeness (QED) is 0.562. The van der Waals surface area contributed by atoms with E-state index >= 15 is 0 Å². The lowest BCUT2D eigenvalue weighted by Gasteiger charge is -2.32. The van der Waals surface area contributed by atoms with Crippen LogP contribution >= 0.6 is 0 Å². The number of amidine groups is 1. The Balaban J connectivity index is 2.42. The zero-order valence-electron chi connectivity index (χ0n) is 15.8. The maximum atomic E-state index is 11.6. The first-order valence-electron chi connectivity index (χ1n) is 8.61. The fourth-order valence-electron chi connectivity index (χ4n) is 3.22. The molecule has 0 unspecified atom stereocenters. The molecule has 0 bridgehead atoms. The fraction of sp³-hybridized carbons (Fsp3) is 0.474. The largest absolute Gasteiger partial charge is 0.433 e. The Kier molecular flexibility index (Phi) is 5.82. The number of ether oxygens (including phenoxy) is 1. The van der Waals surface area contributed by atoms with Crippen LogP contribution in [0, 0.1) is 37.4 Å². The molecule has 1 heterocycles. The number of rotatable bonds is 6. The Hall–Kier alpha value is -2.37. The molecule has 0 aliphatic carbocycles. The molecule has 0 fully saturated rings. The highest BCUT2D eigenvalue weighted by atomic mass is 16.6. The highest BCUT2D eigenvalue weighted by molar-refractivity contribution is 5.83. The Labute approximate surface area is 149 Å². The maximum Gasteiger partial charge on any atom is 0.333 e. The predicted octanol–water partition coefficient (Wildman–Crippen LogP) is 4.52. The molecule has 0 aromatic heterocycles. The summed E-state index contributed by atoms with van der Waals surface area (Å²) in [6, 6.07) is 4.17. The van der Waals surface area contributed by atoms with E-state index in [1.807, 2.05) is 44.7 Å². The van der Waals surface area contributed by atoms with Gasteiger partial charge in [-0.05, 0) is 51.7 Å². The molecule has 0 spiro atoms. The van der Waals surface area contributed by atoms with Crippen molar-refractivity contribution >= 4 is 5.84 Å². The van der Waals surface area contributed by atoms with Crippen LogP contribution in [0.1, 0.15) is 50.3 Å². The van der Waals surface area contributed by atoms with E-state index in [0.29, 0.717) is 11.6 Å². The lowest BCUT2D eigenvalue weighted by molar-refractivity contribution is -0.426. The number of nitro groups is 1. The summed E-state index contributed by atoms with van der Waals surface area (Å²) in [5.74, 6) is 1.37. The van der Waals surface area contributed by atoms with Gasteiger partial charge in [-0.15, -0.1) is 0 Å². The third-order valence-corrected chi connectivity index (χ3v) is 4.45. The molecule has 6 nitrogen and oxygen atoms in total. The van der Waals surface area contributed by atoms with Crippen LogP contribution < -0.4 is 4.74 Å². The smallest absolute Gasteiger partial charge is 0.333 e. The monoisotopic (exact) mass is 344 g/mol. The van der Waals surface area contributed by atoms with E-state index in [-0.39, 0.29) is 17.6 Å². The molecule has 0 saturated heterocycles. The van der Waals surface area contributed by atoms with Crippen molar-refractivity contribution in [1.82, 2.24) is 4.90 Å². The predicted molar refractivity (Wildman–Crippen MR) is 98.9 cm³/mol. The first-order valence-corrected chi connectivity index (χ1v) is 8.61. The van der Waals surface area contributed by atoms with E-state index < -0.39 is 4.92 Å². The van der Waals surface area contributed by atoms with Crippen molar-refractivity contribution in [2.75, 3.05) is 0 Å². The van der Waals surface area contributed by atoms with Crippen LogP contribution in [0.25, 0.3) is 0 Å². The second-order valence-corrected chi connectivity index (χ2v) is 6.44. The SMILES string of the molecule is CCC(CC)N1[CH]C([N+](=O)[O-])=C(Oc2c(C)cc(C)cc2C)N=C1C. The van der Waals surface area contributed by atoms with E-state index in [1.54, 1.807) is 6.54 Å². The minimum absolute atomic E-state index is 0.0414. The molecule has 25 heavy (non-hydrogen) atoms. The van der Waals surface area contributed by atoms with Crippen molar-refractivity contribution in [3.05, 3.63) is 57.1 Å². The van der Waals surface area contributed by atoms with Crippen molar-refractivity contribution in [3.63, 3.8) is 0 Å². The number of aliphatic imine (C=N–C) groups is 1. The average Bonchev–Trinajstić information content (AvgIpc) is 2.53. The molecule has 0 amide bonds. The lowest BCUT2D eigenvalue weighted by atomic mass is 10.1. The van der Waals surface area contributed by atoms with Crippen molar-refractivity contribution in [2.24, 2.45) is 4.99 Å². The fourth-order valence-corrected chi connectivity index (χ4v) is 3.22. The van der Waals surface area contributed by atoms with Crippen LogP contribution in [-0.2, 0) is 0 Å². The van der Waals surface area contributed by atoms with Crippen molar-refractivity contribution < 1.29 is 9.66 Å².